The Morgan fingerprint density at radius 3 is 2.70 bits per heavy atom. The van der Waals surface area contributed by atoms with Crippen molar-refractivity contribution >= 4 is 27.6 Å². The van der Waals surface area contributed by atoms with E-state index in [2.05, 4.69) is 40.4 Å². The molecule has 0 aliphatic carbocycles. The van der Waals surface area contributed by atoms with Crippen molar-refractivity contribution < 1.29 is 5.11 Å². The Morgan fingerprint density at radius 1 is 0.975 bits per heavy atom. The number of aromatic amines is 2. The highest BCUT2D eigenvalue weighted by Gasteiger charge is 2.17. The van der Waals surface area contributed by atoms with Crippen LogP contribution in [0.1, 0.15) is 11.3 Å². The Morgan fingerprint density at radius 2 is 1.85 bits per heavy atom. The summed E-state index contributed by atoms with van der Waals surface area (Å²) in [6.07, 6.45) is 12.1. The molecule has 11 nitrogen and oxygen atoms in total. The minimum atomic E-state index is -0.755. The number of fused-ring (bicyclic) bond motifs is 2. The quantitative estimate of drug-likeness (QED) is 0.222. The molecule has 0 spiro atoms. The van der Waals surface area contributed by atoms with Crippen molar-refractivity contribution in [3.8, 4) is 28.5 Å². The summed E-state index contributed by atoms with van der Waals surface area (Å²) >= 11 is 0. The van der Waals surface area contributed by atoms with Crippen LogP contribution in [-0.4, -0.2) is 56.0 Å². The molecule has 1 aromatic carbocycles. The van der Waals surface area contributed by atoms with Crippen molar-refractivity contribution in [1.82, 2.24) is 44.7 Å². The van der Waals surface area contributed by atoms with Crippen LogP contribution < -0.4 is 5.32 Å². The minimum Gasteiger partial charge on any atom is -0.373 e. The van der Waals surface area contributed by atoms with Crippen LogP contribution in [0.3, 0.4) is 0 Å². The van der Waals surface area contributed by atoms with Gasteiger partial charge in [0.05, 0.1) is 64.9 Å². The van der Waals surface area contributed by atoms with Crippen molar-refractivity contribution in [2.24, 2.45) is 0 Å². The van der Waals surface area contributed by atoms with E-state index in [0.717, 1.165) is 50.1 Å². The van der Waals surface area contributed by atoms with Crippen molar-refractivity contribution in [1.29, 1.82) is 0 Å². The number of aryl methyl sites for hydroxylation is 1. The summed E-state index contributed by atoms with van der Waals surface area (Å²) in [5, 5.41) is 22.1. The summed E-state index contributed by atoms with van der Waals surface area (Å²) in [6, 6.07) is 13.7. The maximum Gasteiger partial charge on any atom is 0.159 e. The van der Waals surface area contributed by atoms with Gasteiger partial charge in [0.1, 0.15) is 17.4 Å². The van der Waals surface area contributed by atoms with Crippen LogP contribution >= 0.6 is 0 Å². The number of aromatic nitrogens is 9. The van der Waals surface area contributed by atoms with Gasteiger partial charge in [0.15, 0.2) is 5.82 Å². The molecule has 1 unspecified atom stereocenters. The standard InChI is InChI=1S/C29H24N10O/c1-17-15-39(16-33-17)25-14-31-12-24-28(25)36-29(35-24)27-21-9-22(32-13-23(21)37-38-27)19-8-20(11-30-10-19)34-26(40)7-18-5-3-2-4-6-18/h2-6,8-16,26,34,40H,7H2,1H3,(H,35,36)(H,37,38). The molecule has 6 heterocycles. The molecule has 196 valence electrons. The van der Waals surface area contributed by atoms with Gasteiger partial charge in [-0.1, -0.05) is 30.3 Å². The summed E-state index contributed by atoms with van der Waals surface area (Å²) in [5.74, 6) is 0.613. The summed E-state index contributed by atoms with van der Waals surface area (Å²) in [4.78, 5) is 25.9. The van der Waals surface area contributed by atoms with Crippen LogP contribution in [0, 0.1) is 6.92 Å². The van der Waals surface area contributed by atoms with Gasteiger partial charge in [-0.2, -0.15) is 5.10 Å². The molecule has 4 N–H and O–H groups in total. The lowest BCUT2D eigenvalue weighted by molar-refractivity contribution is 0.204. The van der Waals surface area contributed by atoms with Crippen LogP contribution in [-0.2, 0) is 6.42 Å². The molecular formula is C29H24N10O. The second-order valence-electron chi connectivity index (χ2n) is 9.56. The highest BCUT2D eigenvalue weighted by Crippen LogP contribution is 2.30. The first-order chi connectivity index (χ1) is 19.6. The minimum absolute atomic E-state index is 0.475. The van der Waals surface area contributed by atoms with Crippen molar-refractivity contribution in [2.45, 2.75) is 19.6 Å². The maximum absolute atomic E-state index is 10.6. The zero-order valence-electron chi connectivity index (χ0n) is 21.4. The number of benzene rings is 1. The van der Waals surface area contributed by atoms with Gasteiger partial charge in [0.2, 0.25) is 0 Å². The van der Waals surface area contributed by atoms with Crippen LogP contribution in [0.5, 0.6) is 0 Å². The van der Waals surface area contributed by atoms with Gasteiger partial charge in [0.25, 0.3) is 0 Å². The lowest BCUT2D eigenvalue weighted by Gasteiger charge is -2.14. The molecule has 0 radical (unpaired) electrons. The molecule has 6 aromatic heterocycles. The van der Waals surface area contributed by atoms with Crippen molar-refractivity contribution in [2.75, 3.05) is 5.32 Å². The van der Waals surface area contributed by atoms with E-state index in [0.29, 0.717) is 23.6 Å². The Balaban J connectivity index is 1.21. The Hall–Kier alpha value is -5.42. The van der Waals surface area contributed by atoms with Gasteiger partial charge in [-0.15, -0.1) is 0 Å². The molecule has 7 rings (SSSR count). The average molecular weight is 529 g/mol. The van der Waals surface area contributed by atoms with E-state index >= 15 is 0 Å². The van der Waals surface area contributed by atoms with Crippen LogP contribution in [0.25, 0.3) is 50.4 Å². The molecule has 0 aliphatic rings. The van der Waals surface area contributed by atoms with Crippen molar-refractivity contribution in [3.63, 3.8) is 0 Å². The summed E-state index contributed by atoms with van der Waals surface area (Å²) < 4.78 is 1.91. The third-order valence-corrected chi connectivity index (χ3v) is 6.68. The van der Waals surface area contributed by atoms with E-state index in [4.69, 9.17) is 4.98 Å². The molecule has 0 aliphatic heterocycles. The Bertz CT molecular complexity index is 1960. The molecule has 1 atom stereocenters. The number of nitrogens with one attached hydrogen (secondary N) is 3. The fourth-order valence-corrected chi connectivity index (χ4v) is 4.77. The molecule has 11 heteroatoms. The maximum atomic E-state index is 10.6. The van der Waals surface area contributed by atoms with Crippen LogP contribution in [0.15, 0.2) is 86.0 Å². The second kappa shape index (κ2) is 9.71. The van der Waals surface area contributed by atoms with Gasteiger partial charge in [-0.3, -0.25) is 20.1 Å². The average Bonchev–Trinajstić information content (AvgIpc) is 3.71. The highest BCUT2D eigenvalue weighted by molar-refractivity contribution is 5.95. The van der Waals surface area contributed by atoms with E-state index in [1.54, 1.807) is 37.3 Å². The molecule has 7 aromatic rings. The number of imidazole rings is 2. The lowest BCUT2D eigenvalue weighted by Crippen LogP contribution is -2.21. The van der Waals surface area contributed by atoms with Gasteiger partial charge in [0, 0.05) is 29.8 Å². The summed E-state index contributed by atoms with van der Waals surface area (Å²) in [7, 11) is 0. The normalized spacial score (nSPS) is 12.2. The Kier molecular flexibility index (Phi) is 5.75. The predicted molar refractivity (Wildman–Crippen MR) is 152 cm³/mol. The number of pyridine rings is 3. The number of nitrogens with zero attached hydrogens (tertiary/aromatic N) is 7. The molecule has 0 saturated carbocycles. The third kappa shape index (κ3) is 4.44. The third-order valence-electron chi connectivity index (χ3n) is 6.68. The van der Waals surface area contributed by atoms with E-state index in [-0.39, 0.29) is 0 Å². The molecule has 40 heavy (non-hydrogen) atoms. The molecule has 0 fully saturated rings. The highest BCUT2D eigenvalue weighted by atomic mass is 16.3. The number of rotatable bonds is 7. The van der Waals surface area contributed by atoms with E-state index in [1.165, 1.54) is 0 Å². The molecule has 0 amide bonds. The van der Waals surface area contributed by atoms with E-state index in [1.807, 2.05) is 60.2 Å². The second-order valence-corrected chi connectivity index (χ2v) is 9.56. The van der Waals surface area contributed by atoms with Crippen molar-refractivity contribution in [3.05, 3.63) is 97.2 Å². The zero-order chi connectivity index (χ0) is 27.1. The SMILES string of the molecule is Cc1cn(-c2cncc3[nH]c(-c4n[nH]c5cnc(-c6cncc(NC(O)Cc7ccccc7)c6)cc45)nc23)cn1. The monoisotopic (exact) mass is 528 g/mol. The fourth-order valence-electron chi connectivity index (χ4n) is 4.77. The Labute approximate surface area is 228 Å². The van der Waals surface area contributed by atoms with Gasteiger partial charge in [-0.05, 0) is 24.6 Å². The first kappa shape index (κ1) is 23.7. The number of H-pyrrole nitrogens is 2. The number of aliphatic hydroxyl groups is 1. The predicted octanol–water partition coefficient (Wildman–Crippen LogP) is 4.43. The van der Waals surface area contributed by atoms with E-state index < -0.39 is 6.23 Å². The number of hydrogen-bond acceptors (Lipinski definition) is 8. The number of anilines is 1. The zero-order valence-corrected chi connectivity index (χ0v) is 21.4. The smallest absolute Gasteiger partial charge is 0.159 e. The van der Waals surface area contributed by atoms with Crippen LogP contribution in [0.4, 0.5) is 5.69 Å². The topological polar surface area (TPSA) is 146 Å². The lowest BCUT2D eigenvalue weighted by atomic mass is 10.1. The first-order valence-corrected chi connectivity index (χ1v) is 12.7. The van der Waals surface area contributed by atoms with E-state index in [9.17, 15) is 5.11 Å². The molecular weight excluding hydrogens is 504 g/mol. The molecule has 0 saturated heterocycles. The fraction of sp³-hybridized carbons (Fsp3) is 0.103. The number of aliphatic hydroxyl groups excluding tert-OH is 1. The molecule has 0 bridgehead atoms. The summed E-state index contributed by atoms with van der Waals surface area (Å²) in [5.41, 5.74) is 8.01. The van der Waals surface area contributed by atoms with Gasteiger partial charge in [-0.25, -0.2) is 9.97 Å². The number of hydrogen-bond donors (Lipinski definition) is 4. The first-order valence-electron chi connectivity index (χ1n) is 12.7. The summed E-state index contributed by atoms with van der Waals surface area (Å²) in [6.45, 7) is 1.94. The largest absolute Gasteiger partial charge is 0.373 e. The van der Waals surface area contributed by atoms with Crippen LogP contribution in [0.2, 0.25) is 0 Å². The van der Waals surface area contributed by atoms with Gasteiger partial charge >= 0.3 is 0 Å². The van der Waals surface area contributed by atoms with Gasteiger partial charge < -0.3 is 20.0 Å².